The van der Waals surface area contributed by atoms with E-state index in [1.165, 1.54) is 0 Å². The number of hydrogen-bond donors (Lipinski definition) is 0. The van der Waals surface area contributed by atoms with Gasteiger partial charge in [0.25, 0.3) is 5.91 Å². The van der Waals surface area contributed by atoms with Gasteiger partial charge in [-0.25, -0.2) is 0 Å². The van der Waals surface area contributed by atoms with Crippen molar-refractivity contribution < 1.29 is 4.79 Å². The second kappa shape index (κ2) is 6.83. The SMILES string of the molecule is CC(C)CN(C)C(=O)c1ccccc1SC(C)C. The Morgan fingerprint density at radius 2 is 1.83 bits per heavy atom. The van der Waals surface area contributed by atoms with Crippen molar-refractivity contribution in [3.05, 3.63) is 29.8 Å². The summed E-state index contributed by atoms with van der Waals surface area (Å²) in [5.41, 5.74) is 0.819. The largest absolute Gasteiger partial charge is 0.341 e. The van der Waals surface area contributed by atoms with Crippen LogP contribution in [0.25, 0.3) is 0 Å². The van der Waals surface area contributed by atoms with Crippen LogP contribution in [0.4, 0.5) is 0 Å². The van der Waals surface area contributed by atoms with E-state index in [1.54, 1.807) is 11.8 Å². The van der Waals surface area contributed by atoms with Gasteiger partial charge in [0.2, 0.25) is 0 Å². The van der Waals surface area contributed by atoms with E-state index in [-0.39, 0.29) is 5.91 Å². The lowest BCUT2D eigenvalue weighted by molar-refractivity contribution is 0.0776. The van der Waals surface area contributed by atoms with Gasteiger partial charge in [0.1, 0.15) is 0 Å². The summed E-state index contributed by atoms with van der Waals surface area (Å²) in [7, 11) is 1.87. The normalized spacial score (nSPS) is 11.1. The molecule has 0 bridgehead atoms. The van der Waals surface area contributed by atoms with Crippen LogP contribution in [0.3, 0.4) is 0 Å². The summed E-state index contributed by atoms with van der Waals surface area (Å²) in [4.78, 5) is 15.3. The van der Waals surface area contributed by atoms with E-state index in [0.717, 1.165) is 17.0 Å². The Morgan fingerprint density at radius 1 is 1.22 bits per heavy atom. The number of thioether (sulfide) groups is 1. The molecule has 100 valence electrons. The molecule has 1 aromatic rings. The van der Waals surface area contributed by atoms with Crippen molar-refractivity contribution in [2.24, 2.45) is 5.92 Å². The van der Waals surface area contributed by atoms with E-state index in [2.05, 4.69) is 27.7 Å². The second-order valence-electron chi connectivity index (χ2n) is 5.24. The van der Waals surface area contributed by atoms with Gasteiger partial charge in [-0.1, -0.05) is 39.8 Å². The van der Waals surface area contributed by atoms with Crippen LogP contribution in [0.1, 0.15) is 38.1 Å². The summed E-state index contributed by atoms with van der Waals surface area (Å²) in [6.45, 7) is 9.32. The third-order valence-corrected chi connectivity index (χ3v) is 3.55. The summed E-state index contributed by atoms with van der Waals surface area (Å²) >= 11 is 1.74. The molecule has 1 aromatic carbocycles. The lowest BCUT2D eigenvalue weighted by atomic mass is 10.1. The Balaban J connectivity index is 2.91. The molecule has 0 unspecified atom stereocenters. The highest BCUT2D eigenvalue weighted by Gasteiger charge is 2.16. The first kappa shape index (κ1) is 15.1. The fourth-order valence-corrected chi connectivity index (χ4v) is 2.78. The van der Waals surface area contributed by atoms with Crippen molar-refractivity contribution in [1.82, 2.24) is 4.90 Å². The molecule has 3 heteroatoms. The third kappa shape index (κ3) is 4.37. The molecule has 0 aromatic heterocycles. The Labute approximate surface area is 115 Å². The van der Waals surface area contributed by atoms with Crippen LogP contribution >= 0.6 is 11.8 Å². The fraction of sp³-hybridized carbons (Fsp3) is 0.533. The number of benzene rings is 1. The van der Waals surface area contributed by atoms with Gasteiger partial charge in [-0.05, 0) is 18.1 Å². The maximum absolute atomic E-state index is 12.4. The molecule has 0 fully saturated rings. The van der Waals surface area contributed by atoms with Crippen molar-refractivity contribution in [2.75, 3.05) is 13.6 Å². The van der Waals surface area contributed by atoms with E-state index in [0.29, 0.717) is 11.2 Å². The molecule has 2 nitrogen and oxygen atoms in total. The monoisotopic (exact) mass is 265 g/mol. The molecule has 1 rings (SSSR count). The predicted octanol–water partition coefficient (Wildman–Crippen LogP) is 3.92. The van der Waals surface area contributed by atoms with E-state index < -0.39 is 0 Å². The van der Waals surface area contributed by atoms with Crippen LogP contribution in [0.2, 0.25) is 0 Å². The molecule has 0 saturated heterocycles. The van der Waals surface area contributed by atoms with Gasteiger partial charge in [-0.3, -0.25) is 4.79 Å². The topological polar surface area (TPSA) is 20.3 Å². The highest BCUT2D eigenvalue weighted by molar-refractivity contribution is 8.00. The number of carbonyl (C=O) groups is 1. The first-order valence-corrected chi connectivity index (χ1v) is 7.31. The van der Waals surface area contributed by atoms with Gasteiger partial charge in [0.05, 0.1) is 5.56 Å². The molecule has 0 spiro atoms. The third-order valence-electron chi connectivity index (χ3n) is 2.47. The molecular formula is C15H23NOS. The molecule has 0 aliphatic rings. The molecule has 0 atom stereocenters. The smallest absolute Gasteiger partial charge is 0.254 e. The van der Waals surface area contributed by atoms with Crippen LogP contribution < -0.4 is 0 Å². The van der Waals surface area contributed by atoms with Crippen molar-refractivity contribution in [2.45, 2.75) is 37.8 Å². The summed E-state index contributed by atoms with van der Waals surface area (Å²) in [5, 5.41) is 0.481. The van der Waals surface area contributed by atoms with Crippen molar-refractivity contribution in [3.63, 3.8) is 0 Å². The average molecular weight is 265 g/mol. The van der Waals surface area contributed by atoms with Crippen LogP contribution in [-0.2, 0) is 0 Å². The molecule has 1 amide bonds. The zero-order chi connectivity index (χ0) is 13.7. The van der Waals surface area contributed by atoms with Gasteiger partial charge in [0, 0.05) is 23.7 Å². The number of carbonyl (C=O) groups excluding carboxylic acids is 1. The molecule has 0 aliphatic heterocycles. The molecule has 0 aliphatic carbocycles. The quantitative estimate of drug-likeness (QED) is 0.752. The van der Waals surface area contributed by atoms with E-state index in [9.17, 15) is 4.79 Å². The van der Waals surface area contributed by atoms with Gasteiger partial charge in [-0.15, -0.1) is 11.8 Å². The number of hydrogen-bond acceptors (Lipinski definition) is 2. The number of amides is 1. The standard InChI is InChI=1S/C15H23NOS/c1-11(2)10-16(5)15(17)13-8-6-7-9-14(13)18-12(3)4/h6-9,11-12H,10H2,1-5H3. The molecule has 0 heterocycles. The summed E-state index contributed by atoms with van der Waals surface area (Å²) in [6, 6.07) is 7.87. The van der Waals surface area contributed by atoms with Crippen LogP contribution in [-0.4, -0.2) is 29.6 Å². The van der Waals surface area contributed by atoms with Gasteiger partial charge >= 0.3 is 0 Å². The minimum atomic E-state index is 0.118. The minimum Gasteiger partial charge on any atom is -0.341 e. The zero-order valence-electron chi connectivity index (χ0n) is 11.9. The Morgan fingerprint density at radius 3 is 2.39 bits per heavy atom. The first-order chi connectivity index (χ1) is 8.41. The van der Waals surface area contributed by atoms with Crippen molar-refractivity contribution in [1.29, 1.82) is 0 Å². The minimum absolute atomic E-state index is 0.118. The fourth-order valence-electron chi connectivity index (χ4n) is 1.84. The molecule has 0 radical (unpaired) electrons. The molecule has 18 heavy (non-hydrogen) atoms. The van der Waals surface area contributed by atoms with Gasteiger partial charge < -0.3 is 4.90 Å². The second-order valence-corrected chi connectivity index (χ2v) is 6.86. The predicted molar refractivity (Wildman–Crippen MR) is 79.2 cm³/mol. The first-order valence-electron chi connectivity index (χ1n) is 6.43. The molecular weight excluding hydrogens is 242 g/mol. The zero-order valence-corrected chi connectivity index (χ0v) is 12.8. The molecule has 0 N–H and O–H groups in total. The highest BCUT2D eigenvalue weighted by atomic mass is 32.2. The summed E-state index contributed by atoms with van der Waals surface area (Å²) in [5.74, 6) is 0.608. The van der Waals surface area contributed by atoms with Crippen LogP contribution in [0, 0.1) is 5.92 Å². The van der Waals surface area contributed by atoms with Crippen molar-refractivity contribution >= 4 is 17.7 Å². The van der Waals surface area contributed by atoms with Crippen molar-refractivity contribution in [3.8, 4) is 0 Å². The van der Waals surface area contributed by atoms with E-state index in [1.807, 2.05) is 36.2 Å². The lowest BCUT2D eigenvalue weighted by Gasteiger charge is -2.21. The molecule has 0 saturated carbocycles. The van der Waals surface area contributed by atoms with Gasteiger partial charge in [0.15, 0.2) is 0 Å². The maximum Gasteiger partial charge on any atom is 0.254 e. The Bertz CT molecular complexity index is 401. The number of rotatable bonds is 5. The average Bonchev–Trinajstić information content (AvgIpc) is 2.27. The van der Waals surface area contributed by atoms with Gasteiger partial charge in [-0.2, -0.15) is 0 Å². The Kier molecular flexibility index (Phi) is 5.73. The van der Waals surface area contributed by atoms with E-state index in [4.69, 9.17) is 0 Å². The summed E-state index contributed by atoms with van der Waals surface area (Å²) < 4.78 is 0. The maximum atomic E-state index is 12.4. The lowest BCUT2D eigenvalue weighted by Crippen LogP contribution is -2.30. The summed E-state index contributed by atoms with van der Waals surface area (Å²) in [6.07, 6.45) is 0. The number of nitrogens with zero attached hydrogens (tertiary/aromatic N) is 1. The Hall–Kier alpha value is -0.960. The van der Waals surface area contributed by atoms with E-state index >= 15 is 0 Å². The van der Waals surface area contributed by atoms with Crippen LogP contribution in [0.15, 0.2) is 29.2 Å². The van der Waals surface area contributed by atoms with Crippen LogP contribution in [0.5, 0.6) is 0 Å². The highest BCUT2D eigenvalue weighted by Crippen LogP contribution is 2.27.